The molecule has 1 heterocycles. The van der Waals surface area contributed by atoms with Gasteiger partial charge < -0.3 is 0 Å². The lowest BCUT2D eigenvalue weighted by atomic mass is 10.00. The van der Waals surface area contributed by atoms with Gasteiger partial charge in [0.2, 0.25) is 0 Å². The molecule has 104 valence electrons. The van der Waals surface area contributed by atoms with Gasteiger partial charge in [0.1, 0.15) is 0 Å². The van der Waals surface area contributed by atoms with Crippen molar-refractivity contribution < 1.29 is 0 Å². The quantitative estimate of drug-likeness (QED) is 0.661. The van der Waals surface area contributed by atoms with Crippen LogP contribution in [-0.4, -0.2) is 4.98 Å². The fourth-order valence-electron chi connectivity index (χ4n) is 2.27. The zero-order chi connectivity index (χ0) is 14.4. The largest absolute Gasteiger partial charge is 0.256 e. The summed E-state index contributed by atoms with van der Waals surface area (Å²) in [4.78, 5) is 4.52. The predicted octanol–water partition coefficient (Wildman–Crippen LogP) is 5.38. The highest BCUT2D eigenvalue weighted by Gasteiger charge is 2.04. The van der Waals surface area contributed by atoms with Crippen LogP contribution in [0, 0.1) is 0 Å². The van der Waals surface area contributed by atoms with Crippen LogP contribution in [-0.2, 0) is 6.42 Å². The number of pyridine rings is 1. The third kappa shape index (κ3) is 3.80. The average molecular weight is 265 g/mol. The van der Waals surface area contributed by atoms with Gasteiger partial charge in [-0.1, -0.05) is 44.2 Å². The molecule has 0 atom stereocenters. The van der Waals surface area contributed by atoms with Crippen molar-refractivity contribution >= 4 is 0 Å². The van der Waals surface area contributed by atoms with Crippen molar-refractivity contribution in [1.29, 1.82) is 0 Å². The van der Waals surface area contributed by atoms with Gasteiger partial charge in [0.25, 0.3) is 0 Å². The van der Waals surface area contributed by atoms with Crippen molar-refractivity contribution in [3.63, 3.8) is 0 Å². The lowest BCUT2D eigenvalue weighted by molar-refractivity contribution is 0.863. The zero-order valence-electron chi connectivity index (χ0n) is 12.6. The summed E-state index contributed by atoms with van der Waals surface area (Å²) in [6.07, 6.45) is 8.42. The molecule has 1 aromatic carbocycles. The number of aromatic nitrogens is 1. The average Bonchev–Trinajstić information content (AvgIpc) is 2.48. The van der Waals surface area contributed by atoms with Crippen LogP contribution in [0.5, 0.6) is 0 Å². The Kier molecular flexibility index (Phi) is 5.11. The first kappa shape index (κ1) is 14.5. The Bertz CT molecular complexity index is 582. The van der Waals surface area contributed by atoms with E-state index in [2.05, 4.69) is 74.3 Å². The van der Waals surface area contributed by atoms with Crippen LogP contribution >= 0.6 is 0 Å². The van der Waals surface area contributed by atoms with E-state index in [1.165, 1.54) is 16.7 Å². The number of benzene rings is 1. The van der Waals surface area contributed by atoms with Gasteiger partial charge in [0.15, 0.2) is 0 Å². The Morgan fingerprint density at radius 3 is 2.75 bits per heavy atom. The third-order valence-corrected chi connectivity index (χ3v) is 3.51. The minimum absolute atomic E-state index is 0.537. The van der Waals surface area contributed by atoms with Crippen LogP contribution in [0.3, 0.4) is 0 Å². The number of hydrogen-bond donors (Lipinski definition) is 0. The summed E-state index contributed by atoms with van der Waals surface area (Å²) in [5.41, 5.74) is 5.00. The number of nitrogens with zero attached hydrogens (tertiary/aromatic N) is 1. The van der Waals surface area contributed by atoms with E-state index < -0.39 is 0 Å². The molecule has 0 bridgehead atoms. The highest BCUT2D eigenvalue weighted by atomic mass is 14.7. The first-order chi connectivity index (χ1) is 9.70. The number of rotatable bonds is 5. The Morgan fingerprint density at radius 2 is 2.00 bits per heavy atom. The fraction of sp³-hybridized carbons (Fsp3) is 0.316. The van der Waals surface area contributed by atoms with Crippen molar-refractivity contribution in [3.05, 3.63) is 65.9 Å². The highest BCUT2D eigenvalue weighted by Crippen LogP contribution is 2.23. The number of aryl methyl sites for hydroxylation is 1. The van der Waals surface area contributed by atoms with E-state index in [0.717, 1.165) is 18.5 Å². The lowest BCUT2D eigenvalue weighted by Crippen LogP contribution is -1.91. The molecular formula is C19H23N. The van der Waals surface area contributed by atoms with E-state index in [4.69, 9.17) is 0 Å². The van der Waals surface area contributed by atoms with Gasteiger partial charge in [-0.15, -0.1) is 0 Å². The predicted molar refractivity (Wildman–Crippen MR) is 86.9 cm³/mol. The molecule has 0 N–H and O–H groups in total. The van der Waals surface area contributed by atoms with Crippen molar-refractivity contribution in [2.75, 3.05) is 0 Å². The SMILES string of the molecule is C/C=C\CCc1cccc(-c2cc(C(C)C)ccn2)c1. The molecule has 2 rings (SSSR count). The van der Waals surface area contributed by atoms with Crippen LogP contribution in [0.2, 0.25) is 0 Å². The smallest absolute Gasteiger partial charge is 0.0704 e. The van der Waals surface area contributed by atoms with E-state index >= 15 is 0 Å². The summed E-state index contributed by atoms with van der Waals surface area (Å²) in [6.45, 7) is 6.50. The molecule has 0 radical (unpaired) electrons. The maximum absolute atomic E-state index is 4.52. The molecule has 1 heteroatoms. The molecule has 0 spiro atoms. The zero-order valence-corrected chi connectivity index (χ0v) is 12.6. The van der Waals surface area contributed by atoms with Gasteiger partial charge in [0, 0.05) is 11.8 Å². The van der Waals surface area contributed by atoms with Crippen LogP contribution in [0.25, 0.3) is 11.3 Å². The Labute approximate surface area is 122 Å². The van der Waals surface area contributed by atoms with E-state index in [1.807, 2.05) is 6.20 Å². The second-order valence-electron chi connectivity index (χ2n) is 5.44. The molecule has 1 nitrogen and oxygen atoms in total. The van der Waals surface area contributed by atoms with E-state index in [1.54, 1.807) is 0 Å². The fourth-order valence-corrected chi connectivity index (χ4v) is 2.27. The topological polar surface area (TPSA) is 12.9 Å². The second-order valence-corrected chi connectivity index (χ2v) is 5.44. The summed E-state index contributed by atoms with van der Waals surface area (Å²) >= 11 is 0. The van der Waals surface area contributed by atoms with E-state index in [-0.39, 0.29) is 0 Å². The summed E-state index contributed by atoms with van der Waals surface area (Å²) in [5.74, 6) is 0.537. The Hall–Kier alpha value is -1.89. The lowest BCUT2D eigenvalue weighted by Gasteiger charge is -2.08. The molecule has 0 fully saturated rings. The summed E-state index contributed by atoms with van der Waals surface area (Å²) in [6, 6.07) is 13.0. The number of hydrogen-bond acceptors (Lipinski definition) is 1. The first-order valence-electron chi connectivity index (χ1n) is 7.37. The molecule has 20 heavy (non-hydrogen) atoms. The summed E-state index contributed by atoms with van der Waals surface area (Å²) < 4.78 is 0. The normalized spacial score (nSPS) is 11.4. The van der Waals surface area contributed by atoms with Crippen LogP contribution in [0.15, 0.2) is 54.7 Å². The van der Waals surface area contributed by atoms with E-state index in [0.29, 0.717) is 5.92 Å². The molecule has 0 aliphatic carbocycles. The van der Waals surface area contributed by atoms with Gasteiger partial charge in [-0.05, 0) is 55.0 Å². The molecule has 2 aromatic rings. The molecular weight excluding hydrogens is 242 g/mol. The number of allylic oxidation sites excluding steroid dienone is 2. The monoisotopic (exact) mass is 265 g/mol. The van der Waals surface area contributed by atoms with Gasteiger partial charge in [-0.2, -0.15) is 0 Å². The van der Waals surface area contributed by atoms with Gasteiger partial charge >= 0.3 is 0 Å². The van der Waals surface area contributed by atoms with Crippen LogP contribution in [0.1, 0.15) is 44.2 Å². The minimum Gasteiger partial charge on any atom is -0.256 e. The van der Waals surface area contributed by atoms with Crippen molar-refractivity contribution in [1.82, 2.24) is 4.98 Å². The second kappa shape index (κ2) is 7.04. The van der Waals surface area contributed by atoms with Crippen LogP contribution < -0.4 is 0 Å². The Morgan fingerprint density at radius 1 is 1.15 bits per heavy atom. The van der Waals surface area contributed by atoms with Gasteiger partial charge in [-0.3, -0.25) is 4.98 Å². The van der Waals surface area contributed by atoms with Crippen molar-refractivity contribution in [3.8, 4) is 11.3 Å². The maximum atomic E-state index is 4.52. The molecule has 1 aromatic heterocycles. The third-order valence-electron chi connectivity index (χ3n) is 3.51. The molecule has 0 aliphatic rings. The van der Waals surface area contributed by atoms with Crippen molar-refractivity contribution in [2.24, 2.45) is 0 Å². The molecule has 0 aliphatic heterocycles. The van der Waals surface area contributed by atoms with Gasteiger partial charge in [0.05, 0.1) is 5.69 Å². The minimum atomic E-state index is 0.537. The molecule has 0 amide bonds. The first-order valence-corrected chi connectivity index (χ1v) is 7.37. The van der Waals surface area contributed by atoms with Gasteiger partial charge in [-0.25, -0.2) is 0 Å². The Balaban J connectivity index is 2.24. The molecule has 0 saturated carbocycles. The molecule has 0 unspecified atom stereocenters. The van der Waals surface area contributed by atoms with Crippen molar-refractivity contribution in [2.45, 2.75) is 39.5 Å². The summed E-state index contributed by atoms with van der Waals surface area (Å²) in [7, 11) is 0. The standard InChI is InChI=1S/C19H23N/c1-4-5-6-8-16-9-7-10-18(13-16)19-14-17(15(2)3)11-12-20-19/h4-5,7,9-15H,6,8H2,1-3H3/b5-4-. The van der Waals surface area contributed by atoms with Crippen LogP contribution in [0.4, 0.5) is 0 Å². The van der Waals surface area contributed by atoms with E-state index in [9.17, 15) is 0 Å². The molecule has 0 saturated heterocycles. The summed E-state index contributed by atoms with van der Waals surface area (Å²) in [5, 5.41) is 0. The highest BCUT2D eigenvalue weighted by molar-refractivity contribution is 5.60. The maximum Gasteiger partial charge on any atom is 0.0704 e.